The Labute approximate surface area is 258 Å². The molecule has 9 nitrogen and oxygen atoms in total. The Balaban J connectivity index is 1.29. The number of carboxylic acids is 1. The molecule has 236 valence electrons. The number of methoxy groups -OCH3 is 1. The van der Waals surface area contributed by atoms with Gasteiger partial charge >= 0.3 is 12.1 Å². The summed E-state index contributed by atoms with van der Waals surface area (Å²) >= 11 is 0. The average Bonchev–Trinajstić information content (AvgIpc) is 3.48. The molecule has 12 heteroatoms. The van der Waals surface area contributed by atoms with E-state index >= 15 is 0 Å². The number of hydrogen-bond acceptors (Lipinski definition) is 7. The van der Waals surface area contributed by atoms with Crippen LogP contribution in [0, 0.1) is 6.92 Å². The summed E-state index contributed by atoms with van der Waals surface area (Å²) in [6, 6.07) is 14.0. The van der Waals surface area contributed by atoms with Crippen molar-refractivity contribution in [1.82, 2.24) is 19.7 Å². The Morgan fingerprint density at radius 2 is 1.91 bits per heavy atom. The molecule has 2 aliphatic heterocycles. The molecule has 0 spiro atoms. The van der Waals surface area contributed by atoms with Crippen molar-refractivity contribution in [3.8, 4) is 28.7 Å². The molecule has 2 aliphatic rings. The number of benzene rings is 2. The fraction of sp³-hybridized carbons (Fsp3) is 0.364. The molecular formula is C33H33F3N4O5. The largest absolute Gasteiger partial charge is 0.488 e. The maximum atomic E-state index is 14.4. The number of carbonyl (C=O) groups is 1. The van der Waals surface area contributed by atoms with E-state index in [-0.39, 0.29) is 30.6 Å². The number of para-hydroxylation sites is 1. The minimum absolute atomic E-state index is 0.0247. The van der Waals surface area contributed by atoms with E-state index in [9.17, 15) is 23.1 Å². The minimum atomic E-state index is -4.50. The highest BCUT2D eigenvalue weighted by molar-refractivity contribution is 5.90. The number of aromatic carboxylic acids is 1. The van der Waals surface area contributed by atoms with Crippen molar-refractivity contribution < 1.29 is 37.3 Å². The molecule has 4 heterocycles. The topological polar surface area (TPSA) is 98.9 Å². The lowest BCUT2D eigenvalue weighted by Gasteiger charge is -2.38. The highest BCUT2D eigenvalue weighted by Crippen LogP contribution is 2.39. The molecule has 2 aromatic carbocycles. The molecule has 0 bridgehead atoms. The van der Waals surface area contributed by atoms with Crippen LogP contribution in [0.3, 0.4) is 0 Å². The molecule has 0 unspecified atom stereocenters. The highest BCUT2D eigenvalue weighted by atomic mass is 19.4. The van der Waals surface area contributed by atoms with Gasteiger partial charge in [0.05, 0.1) is 24.6 Å². The van der Waals surface area contributed by atoms with Crippen LogP contribution >= 0.6 is 0 Å². The lowest BCUT2D eigenvalue weighted by Crippen LogP contribution is -2.43. The number of carboxylic acid groups (broad SMARTS) is 1. The van der Waals surface area contributed by atoms with Gasteiger partial charge in [-0.3, -0.25) is 4.90 Å². The Hall–Kier alpha value is -4.42. The van der Waals surface area contributed by atoms with E-state index in [1.807, 2.05) is 31.2 Å². The third-order valence-electron chi connectivity index (χ3n) is 8.42. The quantitative estimate of drug-likeness (QED) is 0.252. The molecule has 6 rings (SSSR count). The Bertz CT molecular complexity index is 1720. The second-order valence-electron chi connectivity index (χ2n) is 11.2. The Morgan fingerprint density at radius 3 is 2.64 bits per heavy atom. The summed E-state index contributed by atoms with van der Waals surface area (Å²) in [5.74, 6) is -0.353. The zero-order chi connectivity index (χ0) is 31.7. The maximum Gasteiger partial charge on any atom is 0.416 e. The number of aryl methyl sites for hydroxylation is 1. The first-order valence-corrected chi connectivity index (χ1v) is 14.7. The summed E-state index contributed by atoms with van der Waals surface area (Å²) in [6.07, 6.45) is -1.11. The number of nitrogens with zero attached hydrogens (tertiary/aromatic N) is 4. The molecule has 1 fully saturated rings. The second kappa shape index (κ2) is 12.5. The molecule has 45 heavy (non-hydrogen) atoms. The zero-order valence-electron chi connectivity index (χ0n) is 24.9. The molecule has 0 atom stereocenters. The molecule has 1 N–H and O–H groups in total. The number of fused-ring (bicyclic) bond motifs is 1. The SMILES string of the molecule is COc1c(C(=O)O)cnn1-c1cccc(-c2cccc(C)c2OCc2cc3c(c(C(F)(F)F)c2)CN(C2CCOCC2)CC3)n1. The summed E-state index contributed by atoms with van der Waals surface area (Å²) < 4.78 is 61.4. The van der Waals surface area contributed by atoms with Gasteiger partial charge in [0.15, 0.2) is 5.82 Å². The molecule has 4 aromatic rings. The van der Waals surface area contributed by atoms with Gasteiger partial charge in [0.2, 0.25) is 5.88 Å². The van der Waals surface area contributed by atoms with Crippen LogP contribution in [0.15, 0.2) is 54.7 Å². The van der Waals surface area contributed by atoms with Crippen molar-refractivity contribution in [1.29, 1.82) is 0 Å². The van der Waals surface area contributed by atoms with Gasteiger partial charge in [0, 0.05) is 37.9 Å². The van der Waals surface area contributed by atoms with Crippen LogP contribution in [-0.4, -0.2) is 63.7 Å². The minimum Gasteiger partial charge on any atom is -0.488 e. The number of alkyl halides is 3. The molecule has 2 aromatic heterocycles. The van der Waals surface area contributed by atoms with Gasteiger partial charge in [0.1, 0.15) is 17.9 Å². The number of pyridine rings is 1. The Kier molecular flexibility index (Phi) is 8.52. The first kappa shape index (κ1) is 30.6. The van der Waals surface area contributed by atoms with Crippen molar-refractivity contribution in [3.05, 3.63) is 88.1 Å². The van der Waals surface area contributed by atoms with Crippen LogP contribution < -0.4 is 9.47 Å². The summed E-state index contributed by atoms with van der Waals surface area (Å²) in [7, 11) is 1.35. The Morgan fingerprint density at radius 1 is 1.13 bits per heavy atom. The lowest BCUT2D eigenvalue weighted by molar-refractivity contribution is -0.138. The van der Waals surface area contributed by atoms with Crippen LogP contribution in [0.25, 0.3) is 17.1 Å². The smallest absolute Gasteiger partial charge is 0.416 e. The molecular weight excluding hydrogens is 589 g/mol. The lowest BCUT2D eigenvalue weighted by atomic mass is 9.90. The molecule has 0 aliphatic carbocycles. The van der Waals surface area contributed by atoms with Crippen molar-refractivity contribution in [2.75, 3.05) is 26.9 Å². The first-order valence-electron chi connectivity index (χ1n) is 14.7. The highest BCUT2D eigenvalue weighted by Gasteiger charge is 2.37. The van der Waals surface area contributed by atoms with E-state index in [0.717, 1.165) is 18.4 Å². The van der Waals surface area contributed by atoms with Gasteiger partial charge in [-0.25, -0.2) is 9.78 Å². The number of rotatable bonds is 8. The van der Waals surface area contributed by atoms with Crippen LogP contribution in [0.5, 0.6) is 11.6 Å². The summed E-state index contributed by atoms with van der Waals surface area (Å²) in [4.78, 5) is 18.4. The average molecular weight is 623 g/mol. The van der Waals surface area contributed by atoms with Gasteiger partial charge < -0.3 is 19.3 Å². The van der Waals surface area contributed by atoms with Crippen LogP contribution in [0.2, 0.25) is 0 Å². The predicted molar refractivity (Wildman–Crippen MR) is 159 cm³/mol. The number of ether oxygens (including phenoxy) is 3. The van der Waals surface area contributed by atoms with E-state index in [1.54, 1.807) is 18.2 Å². The van der Waals surface area contributed by atoms with Crippen LogP contribution in [-0.2, 0) is 30.5 Å². The van der Waals surface area contributed by atoms with Gasteiger partial charge in [0.25, 0.3) is 0 Å². The zero-order valence-corrected chi connectivity index (χ0v) is 24.9. The van der Waals surface area contributed by atoms with Crippen molar-refractivity contribution in [3.63, 3.8) is 0 Å². The first-order chi connectivity index (χ1) is 21.6. The maximum absolute atomic E-state index is 14.4. The normalized spacial score (nSPS) is 15.9. The van der Waals surface area contributed by atoms with Crippen LogP contribution in [0.4, 0.5) is 13.2 Å². The molecule has 1 saturated heterocycles. The van der Waals surface area contributed by atoms with E-state index in [2.05, 4.69) is 15.0 Å². The number of halogens is 3. The summed E-state index contributed by atoms with van der Waals surface area (Å²) in [5.41, 5.74) is 2.71. The van der Waals surface area contributed by atoms with E-state index < -0.39 is 17.7 Å². The van der Waals surface area contributed by atoms with Crippen LogP contribution in [0.1, 0.15) is 51.0 Å². The molecule has 0 radical (unpaired) electrons. The second-order valence-corrected chi connectivity index (χ2v) is 11.2. The number of aromatic nitrogens is 3. The van der Waals surface area contributed by atoms with Gasteiger partial charge in [-0.15, -0.1) is 0 Å². The fourth-order valence-corrected chi connectivity index (χ4v) is 6.19. The van der Waals surface area contributed by atoms with E-state index in [4.69, 9.17) is 14.2 Å². The van der Waals surface area contributed by atoms with Gasteiger partial charge in [-0.2, -0.15) is 23.0 Å². The third-order valence-corrected chi connectivity index (χ3v) is 8.42. The van der Waals surface area contributed by atoms with Crippen molar-refractivity contribution >= 4 is 5.97 Å². The fourth-order valence-electron chi connectivity index (χ4n) is 6.19. The molecule has 0 saturated carbocycles. The predicted octanol–water partition coefficient (Wildman–Crippen LogP) is 6.08. The third kappa shape index (κ3) is 6.25. The monoisotopic (exact) mass is 622 g/mol. The summed E-state index contributed by atoms with van der Waals surface area (Å²) in [6.45, 7) is 4.05. The van der Waals surface area contributed by atoms with Gasteiger partial charge in [-0.1, -0.05) is 24.3 Å². The standard InChI is InChI=1S/C33H33F3N4O5/c1-20-5-3-6-24(28-7-4-8-29(38-28)40-31(43-2)25(17-37-40)32(41)42)30(20)45-19-21-15-22-9-12-39(23-10-13-44-14-11-23)18-26(22)27(16-21)33(34,35)36/h3-8,15-17,23H,9-14,18-19H2,1-2H3,(H,41,42). The number of hydrogen-bond donors (Lipinski definition) is 1. The van der Waals surface area contributed by atoms with E-state index in [0.29, 0.717) is 65.7 Å². The summed E-state index contributed by atoms with van der Waals surface area (Å²) in [5, 5.41) is 13.6. The van der Waals surface area contributed by atoms with E-state index in [1.165, 1.54) is 24.1 Å². The van der Waals surface area contributed by atoms with Gasteiger partial charge in [-0.05, 0) is 72.7 Å². The molecule has 0 amide bonds. The van der Waals surface area contributed by atoms with Crippen molar-refractivity contribution in [2.24, 2.45) is 0 Å². The van der Waals surface area contributed by atoms with Crippen molar-refractivity contribution in [2.45, 2.75) is 51.6 Å².